The Labute approximate surface area is 174 Å². The number of anilines is 1. The minimum Gasteiger partial charge on any atom is -0.487 e. The maximum Gasteiger partial charge on any atom is 0.171 e. The Morgan fingerprint density at radius 1 is 0.966 bits per heavy atom. The molecule has 4 rings (SSSR count). The number of para-hydroxylation sites is 1. The number of thiocarbonyl (C=S) groups is 1. The third-order valence-electron chi connectivity index (χ3n) is 4.52. The number of hydrogen-bond acceptors (Lipinski definition) is 4. The Morgan fingerprint density at radius 3 is 2.55 bits per heavy atom. The van der Waals surface area contributed by atoms with Crippen molar-refractivity contribution >= 4 is 33.9 Å². The van der Waals surface area contributed by atoms with Crippen LogP contribution in [0.4, 0.5) is 5.69 Å². The van der Waals surface area contributed by atoms with Gasteiger partial charge in [-0.3, -0.25) is 4.98 Å². The molecule has 0 amide bonds. The summed E-state index contributed by atoms with van der Waals surface area (Å²) in [6.45, 7) is 0.962. The van der Waals surface area contributed by atoms with Gasteiger partial charge in [0, 0.05) is 23.5 Å². The molecule has 0 bridgehead atoms. The van der Waals surface area contributed by atoms with Crippen LogP contribution >= 0.6 is 12.2 Å². The van der Waals surface area contributed by atoms with Gasteiger partial charge in [-0.2, -0.15) is 0 Å². The van der Waals surface area contributed by atoms with Crippen molar-refractivity contribution in [3.63, 3.8) is 0 Å². The third-order valence-corrected chi connectivity index (χ3v) is 4.74. The Hall–Kier alpha value is -3.51. The van der Waals surface area contributed by atoms with Gasteiger partial charge in [-0.05, 0) is 60.2 Å². The number of ether oxygens (including phenoxy) is 1. The first-order valence-corrected chi connectivity index (χ1v) is 9.63. The summed E-state index contributed by atoms with van der Waals surface area (Å²) >= 11 is 5.23. The van der Waals surface area contributed by atoms with Crippen LogP contribution in [0.3, 0.4) is 0 Å². The van der Waals surface area contributed by atoms with Crippen LogP contribution in [-0.4, -0.2) is 15.1 Å². The van der Waals surface area contributed by atoms with Crippen LogP contribution in [0.15, 0.2) is 85.2 Å². The van der Waals surface area contributed by atoms with Crippen LogP contribution in [0, 0.1) is 0 Å². The summed E-state index contributed by atoms with van der Waals surface area (Å²) in [5.74, 6) is 0.757. The molecule has 2 aromatic heterocycles. The molecular formula is C23H20N4OS. The minimum atomic E-state index is 0.308. The second-order valence-electron chi connectivity index (χ2n) is 6.56. The van der Waals surface area contributed by atoms with E-state index in [4.69, 9.17) is 22.7 Å². The van der Waals surface area contributed by atoms with Gasteiger partial charge in [0.2, 0.25) is 0 Å². The summed E-state index contributed by atoms with van der Waals surface area (Å²) < 4.78 is 5.90. The molecular weight excluding hydrogens is 380 g/mol. The van der Waals surface area contributed by atoms with Gasteiger partial charge in [-0.15, -0.1) is 0 Å². The molecule has 0 aliphatic heterocycles. The van der Waals surface area contributed by atoms with Crippen molar-refractivity contribution < 1.29 is 4.74 Å². The summed E-state index contributed by atoms with van der Waals surface area (Å²) in [7, 11) is 0. The predicted molar refractivity (Wildman–Crippen MR) is 120 cm³/mol. The van der Waals surface area contributed by atoms with Crippen molar-refractivity contribution in [1.29, 1.82) is 0 Å². The van der Waals surface area contributed by atoms with E-state index < -0.39 is 0 Å². The highest BCUT2D eigenvalue weighted by Crippen LogP contribution is 2.22. The topological polar surface area (TPSA) is 64.3 Å². The average molecular weight is 401 g/mol. The van der Waals surface area contributed by atoms with Crippen LogP contribution in [0.25, 0.3) is 10.9 Å². The predicted octanol–water partition coefficient (Wildman–Crippen LogP) is 4.46. The second-order valence-corrected chi connectivity index (χ2v) is 6.98. The Bertz CT molecular complexity index is 1120. The van der Waals surface area contributed by atoms with Gasteiger partial charge >= 0.3 is 0 Å². The van der Waals surface area contributed by atoms with Crippen molar-refractivity contribution in [3.8, 4) is 5.75 Å². The molecule has 0 aliphatic carbocycles. The summed E-state index contributed by atoms with van der Waals surface area (Å²) in [5.41, 5.74) is 9.71. The highest BCUT2D eigenvalue weighted by molar-refractivity contribution is 7.80. The third kappa shape index (κ3) is 4.67. The molecule has 0 radical (unpaired) electrons. The van der Waals surface area contributed by atoms with Crippen molar-refractivity contribution in [2.24, 2.45) is 5.73 Å². The van der Waals surface area contributed by atoms with Gasteiger partial charge in [0.05, 0.1) is 17.8 Å². The fraction of sp³-hybridized carbons (Fsp3) is 0.0870. The first-order chi connectivity index (χ1) is 14.2. The van der Waals surface area contributed by atoms with E-state index in [0.717, 1.165) is 33.6 Å². The number of nitrogens with two attached hydrogens (primary N) is 1. The number of rotatable bonds is 6. The van der Waals surface area contributed by atoms with Crippen LogP contribution in [0.1, 0.15) is 11.3 Å². The van der Waals surface area contributed by atoms with E-state index in [0.29, 0.717) is 18.3 Å². The lowest BCUT2D eigenvalue weighted by atomic mass is 10.2. The lowest BCUT2D eigenvalue weighted by Crippen LogP contribution is -2.34. The Kier molecular flexibility index (Phi) is 5.63. The van der Waals surface area contributed by atoms with E-state index in [9.17, 15) is 0 Å². The summed E-state index contributed by atoms with van der Waals surface area (Å²) in [5, 5.41) is 1.43. The van der Waals surface area contributed by atoms with Crippen molar-refractivity contribution in [2.75, 3.05) is 4.90 Å². The van der Waals surface area contributed by atoms with Gasteiger partial charge in [0.15, 0.2) is 5.11 Å². The molecule has 0 saturated carbocycles. The Morgan fingerprint density at radius 2 is 1.79 bits per heavy atom. The molecule has 0 saturated heterocycles. The van der Waals surface area contributed by atoms with Crippen molar-refractivity contribution in [1.82, 2.24) is 9.97 Å². The van der Waals surface area contributed by atoms with E-state index in [-0.39, 0.29) is 0 Å². The van der Waals surface area contributed by atoms with E-state index in [1.807, 2.05) is 71.6 Å². The normalized spacial score (nSPS) is 10.6. The van der Waals surface area contributed by atoms with E-state index in [1.165, 1.54) is 0 Å². The summed E-state index contributed by atoms with van der Waals surface area (Å²) in [6, 6.07) is 23.7. The molecule has 4 aromatic rings. The molecule has 0 fully saturated rings. The zero-order valence-corrected chi connectivity index (χ0v) is 16.5. The van der Waals surface area contributed by atoms with E-state index in [2.05, 4.69) is 16.0 Å². The van der Waals surface area contributed by atoms with Gasteiger partial charge in [-0.1, -0.05) is 30.3 Å². The average Bonchev–Trinajstić information content (AvgIpc) is 2.77. The number of hydrogen-bond donors (Lipinski definition) is 1. The molecule has 29 heavy (non-hydrogen) atoms. The lowest BCUT2D eigenvalue weighted by molar-refractivity contribution is 0.302. The van der Waals surface area contributed by atoms with Gasteiger partial charge in [-0.25, -0.2) is 4.98 Å². The first kappa shape index (κ1) is 18.8. The smallest absolute Gasteiger partial charge is 0.171 e. The van der Waals surface area contributed by atoms with Gasteiger partial charge in [0.1, 0.15) is 12.4 Å². The summed E-state index contributed by atoms with van der Waals surface area (Å²) in [4.78, 5) is 10.6. The SMILES string of the molecule is NC(=S)N(Cc1cccnc1)c1ccc(OCc2ccc3ccccc3n2)cc1. The molecule has 2 heterocycles. The molecule has 0 spiro atoms. The highest BCUT2D eigenvalue weighted by atomic mass is 32.1. The van der Waals surface area contributed by atoms with Crippen LogP contribution < -0.4 is 15.4 Å². The van der Waals surface area contributed by atoms with Gasteiger partial charge in [0.25, 0.3) is 0 Å². The number of fused-ring (bicyclic) bond motifs is 1. The molecule has 0 aliphatic rings. The quantitative estimate of drug-likeness (QED) is 0.482. The van der Waals surface area contributed by atoms with Crippen LogP contribution in [-0.2, 0) is 13.2 Å². The standard InChI is InChI=1S/C23H20N4OS/c24-23(29)27(15-17-4-3-13-25-14-17)20-9-11-21(12-10-20)28-16-19-8-7-18-5-1-2-6-22(18)26-19/h1-14H,15-16H2,(H2,24,29). The molecule has 5 nitrogen and oxygen atoms in total. The van der Waals surface area contributed by atoms with Crippen LogP contribution in [0.2, 0.25) is 0 Å². The van der Waals surface area contributed by atoms with E-state index >= 15 is 0 Å². The zero-order chi connectivity index (χ0) is 20.1. The fourth-order valence-electron chi connectivity index (χ4n) is 3.04. The highest BCUT2D eigenvalue weighted by Gasteiger charge is 2.11. The minimum absolute atomic E-state index is 0.308. The lowest BCUT2D eigenvalue weighted by Gasteiger charge is -2.23. The first-order valence-electron chi connectivity index (χ1n) is 9.22. The van der Waals surface area contributed by atoms with Crippen LogP contribution in [0.5, 0.6) is 5.75 Å². The number of nitrogens with zero attached hydrogens (tertiary/aromatic N) is 3. The Balaban J connectivity index is 1.44. The number of aromatic nitrogens is 2. The molecule has 2 aromatic carbocycles. The molecule has 0 atom stereocenters. The number of benzene rings is 2. The largest absolute Gasteiger partial charge is 0.487 e. The van der Waals surface area contributed by atoms with Crippen molar-refractivity contribution in [3.05, 3.63) is 96.4 Å². The zero-order valence-electron chi connectivity index (χ0n) is 15.7. The molecule has 0 unspecified atom stereocenters. The van der Waals surface area contributed by atoms with E-state index in [1.54, 1.807) is 12.4 Å². The monoisotopic (exact) mass is 400 g/mol. The number of pyridine rings is 2. The maximum atomic E-state index is 5.93. The fourth-order valence-corrected chi connectivity index (χ4v) is 3.21. The second kappa shape index (κ2) is 8.67. The molecule has 144 valence electrons. The summed E-state index contributed by atoms with van der Waals surface area (Å²) in [6.07, 6.45) is 3.55. The van der Waals surface area contributed by atoms with Crippen molar-refractivity contribution in [2.45, 2.75) is 13.2 Å². The molecule has 6 heteroatoms. The van der Waals surface area contributed by atoms with Gasteiger partial charge < -0.3 is 15.4 Å². The maximum absolute atomic E-state index is 5.93. The molecule has 2 N–H and O–H groups in total.